The number of rotatable bonds is 6. The first-order valence-electron chi connectivity index (χ1n) is 6.81. The summed E-state index contributed by atoms with van der Waals surface area (Å²) in [5, 5.41) is 15.4. The molecule has 1 aliphatic rings. The molecule has 0 saturated carbocycles. The topological polar surface area (TPSA) is 79.8 Å². The van der Waals surface area contributed by atoms with Crippen LogP contribution in [0.5, 0.6) is 11.5 Å². The molecule has 8 heteroatoms. The molecule has 2 rings (SSSR count). The molecule has 0 radical (unpaired) electrons. The lowest BCUT2D eigenvalue weighted by Crippen LogP contribution is -2.34. The van der Waals surface area contributed by atoms with Crippen molar-refractivity contribution in [3.05, 3.63) is 23.8 Å². The molecule has 22 heavy (non-hydrogen) atoms. The predicted molar refractivity (Wildman–Crippen MR) is 74.3 cm³/mol. The molecule has 0 spiro atoms. The number of amides is 1. The fourth-order valence-electron chi connectivity index (χ4n) is 2.26. The number of β-amino-alcohol motifs (C(OH)–C–C–N with tert-alkyl or cyclic N) is 1. The third-order valence-corrected chi connectivity index (χ3v) is 3.47. The van der Waals surface area contributed by atoms with E-state index in [1.54, 1.807) is 0 Å². The van der Waals surface area contributed by atoms with Crippen LogP contribution in [0.4, 0.5) is 8.78 Å². The number of aliphatic hydroxyl groups is 1. The van der Waals surface area contributed by atoms with E-state index in [-0.39, 0.29) is 28.9 Å². The van der Waals surface area contributed by atoms with Crippen LogP contribution in [0.25, 0.3) is 0 Å². The molecule has 1 amide bonds. The minimum Gasteiger partial charge on any atom is -0.493 e. The third kappa shape index (κ3) is 4.05. The first-order valence-corrected chi connectivity index (χ1v) is 6.81. The summed E-state index contributed by atoms with van der Waals surface area (Å²) in [6.45, 7) is -1.50. The zero-order valence-corrected chi connectivity index (χ0v) is 12.0. The number of methoxy groups -OCH3 is 1. The molecule has 6 nitrogen and oxygen atoms in total. The van der Waals surface area contributed by atoms with Crippen LogP contribution in [-0.4, -0.2) is 50.5 Å². The SMILES string of the molecule is COc1cc(C(=O)NCC2CNCC2O)ccc1OC(F)F. The maximum Gasteiger partial charge on any atom is 0.387 e. The number of carbonyl (C=O) groups is 1. The van der Waals surface area contributed by atoms with Crippen molar-refractivity contribution >= 4 is 5.91 Å². The van der Waals surface area contributed by atoms with Crippen molar-refractivity contribution in [3.63, 3.8) is 0 Å². The number of halogens is 2. The number of benzene rings is 1. The van der Waals surface area contributed by atoms with E-state index in [0.717, 1.165) is 0 Å². The molecular weight excluding hydrogens is 298 g/mol. The number of ether oxygens (including phenoxy) is 2. The second-order valence-corrected chi connectivity index (χ2v) is 4.94. The second-order valence-electron chi connectivity index (χ2n) is 4.94. The lowest BCUT2D eigenvalue weighted by molar-refractivity contribution is -0.0512. The molecule has 1 heterocycles. The number of aliphatic hydroxyl groups excluding tert-OH is 1. The van der Waals surface area contributed by atoms with Gasteiger partial charge in [0.05, 0.1) is 13.2 Å². The van der Waals surface area contributed by atoms with E-state index in [0.29, 0.717) is 19.6 Å². The van der Waals surface area contributed by atoms with E-state index in [1.807, 2.05) is 0 Å². The van der Waals surface area contributed by atoms with Crippen molar-refractivity contribution in [2.24, 2.45) is 5.92 Å². The standard InChI is InChI=1S/C14H18F2N2O4/c1-21-12-4-8(2-3-11(12)22-14(15)16)13(20)18-6-9-5-17-7-10(9)19/h2-4,9-10,14,17,19H,5-7H2,1H3,(H,18,20). The van der Waals surface area contributed by atoms with Gasteiger partial charge in [-0.3, -0.25) is 4.79 Å². The first kappa shape index (κ1) is 16.4. The van der Waals surface area contributed by atoms with Gasteiger partial charge in [-0.15, -0.1) is 0 Å². The Kier molecular flexibility index (Phi) is 5.51. The Bertz CT molecular complexity index is 528. The monoisotopic (exact) mass is 316 g/mol. The van der Waals surface area contributed by atoms with Crippen LogP contribution in [0.15, 0.2) is 18.2 Å². The molecule has 0 bridgehead atoms. The normalized spacial score (nSPS) is 21.0. The van der Waals surface area contributed by atoms with Gasteiger partial charge in [-0.1, -0.05) is 0 Å². The van der Waals surface area contributed by atoms with Crippen LogP contribution in [0, 0.1) is 5.92 Å². The Balaban J connectivity index is 2.00. The van der Waals surface area contributed by atoms with E-state index < -0.39 is 12.7 Å². The van der Waals surface area contributed by atoms with E-state index in [9.17, 15) is 18.7 Å². The van der Waals surface area contributed by atoms with Crippen LogP contribution in [0.3, 0.4) is 0 Å². The van der Waals surface area contributed by atoms with Gasteiger partial charge in [0, 0.05) is 31.1 Å². The van der Waals surface area contributed by atoms with Crippen LogP contribution >= 0.6 is 0 Å². The highest BCUT2D eigenvalue weighted by molar-refractivity contribution is 5.94. The van der Waals surface area contributed by atoms with Crippen molar-refractivity contribution in [2.45, 2.75) is 12.7 Å². The zero-order valence-electron chi connectivity index (χ0n) is 12.0. The van der Waals surface area contributed by atoms with Crippen molar-refractivity contribution in [1.82, 2.24) is 10.6 Å². The molecule has 1 aromatic carbocycles. The Labute approximate surface area is 126 Å². The summed E-state index contributed by atoms with van der Waals surface area (Å²) < 4.78 is 33.7. The highest BCUT2D eigenvalue weighted by Crippen LogP contribution is 2.29. The molecule has 2 unspecified atom stereocenters. The number of carbonyl (C=O) groups excluding carboxylic acids is 1. The summed E-state index contributed by atoms with van der Waals surface area (Å²) in [7, 11) is 1.30. The molecule has 2 atom stereocenters. The molecule has 1 saturated heterocycles. The van der Waals surface area contributed by atoms with Gasteiger partial charge in [0.2, 0.25) is 0 Å². The summed E-state index contributed by atoms with van der Waals surface area (Å²) in [5.74, 6) is -0.506. The van der Waals surface area contributed by atoms with Gasteiger partial charge >= 0.3 is 6.61 Å². The van der Waals surface area contributed by atoms with Crippen LogP contribution in [0.1, 0.15) is 10.4 Å². The predicted octanol–water partition coefficient (Wildman–Crippen LogP) is 0.607. The lowest BCUT2D eigenvalue weighted by Gasteiger charge is -2.15. The van der Waals surface area contributed by atoms with Crippen molar-refractivity contribution in [2.75, 3.05) is 26.7 Å². The second kappa shape index (κ2) is 7.37. The van der Waals surface area contributed by atoms with Gasteiger partial charge in [0.15, 0.2) is 11.5 Å². The quantitative estimate of drug-likeness (QED) is 0.716. The summed E-state index contributed by atoms with van der Waals surface area (Å²) in [6, 6.07) is 3.96. The largest absolute Gasteiger partial charge is 0.493 e. The Hall–Kier alpha value is -1.93. The number of alkyl halides is 2. The van der Waals surface area contributed by atoms with Crippen molar-refractivity contribution in [3.8, 4) is 11.5 Å². The van der Waals surface area contributed by atoms with E-state index in [2.05, 4.69) is 15.4 Å². The zero-order chi connectivity index (χ0) is 16.1. The van der Waals surface area contributed by atoms with Gasteiger partial charge in [0.1, 0.15) is 0 Å². The Morgan fingerprint density at radius 1 is 1.45 bits per heavy atom. The highest BCUT2D eigenvalue weighted by Gasteiger charge is 2.25. The molecular formula is C14H18F2N2O4. The van der Waals surface area contributed by atoms with Crippen molar-refractivity contribution in [1.29, 1.82) is 0 Å². The number of hydrogen-bond acceptors (Lipinski definition) is 5. The molecule has 1 aliphatic heterocycles. The highest BCUT2D eigenvalue weighted by atomic mass is 19.3. The fourth-order valence-corrected chi connectivity index (χ4v) is 2.26. The summed E-state index contributed by atoms with van der Waals surface area (Å²) in [5.41, 5.74) is 0.263. The van der Waals surface area contributed by atoms with Crippen LogP contribution < -0.4 is 20.1 Å². The molecule has 1 aromatic rings. The van der Waals surface area contributed by atoms with Gasteiger partial charge in [0.25, 0.3) is 5.91 Å². The van der Waals surface area contributed by atoms with Crippen molar-refractivity contribution < 1.29 is 28.2 Å². The molecule has 1 fully saturated rings. The van der Waals surface area contributed by atoms with Gasteiger partial charge in [-0.05, 0) is 18.2 Å². The summed E-state index contributed by atoms with van der Waals surface area (Å²) >= 11 is 0. The minimum atomic E-state index is -2.97. The molecule has 122 valence electrons. The van der Waals surface area contributed by atoms with Gasteiger partial charge in [-0.2, -0.15) is 8.78 Å². The fraction of sp³-hybridized carbons (Fsp3) is 0.500. The van der Waals surface area contributed by atoms with Gasteiger partial charge in [-0.25, -0.2) is 0 Å². The Morgan fingerprint density at radius 2 is 2.23 bits per heavy atom. The third-order valence-electron chi connectivity index (χ3n) is 3.47. The number of nitrogens with one attached hydrogen (secondary N) is 2. The van der Waals surface area contributed by atoms with Crippen LogP contribution in [0.2, 0.25) is 0 Å². The average molecular weight is 316 g/mol. The summed E-state index contributed by atoms with van der Waals surface area (Å²) in [6.07, 6.45) is -0.489. The summed E-state index contributed by atoms with van der Waals surface area (Å²) in [4.78, 5) is 12.1. The molecule has 3 N–H and O–H groups in total. The maximum atomic E-state index is 12.2. The van der Waals surface area contributed by atoms with E-state index in [4.69, 9.17) is 4.74 Å². The first-order chi connectivity index (χ1) is 10.5. The Morgan fingerprint density at radius 3 is 2.82 bits per heavy atom. The maximum absolute atomic E-state index is 12.2. The molecule has 0 aromatic heterocycles. The van der Waals surface area contributed by atoms with Gasteiger partial charge < -0.3 is 25.2 Å². The van der Waals surface area contributed by atoms with E-state index >= 15 is 0 Å². The smallest absolute Gasteiger partial charge is 0.387 e. The van der Waals surface area contributed by atoms with E-state index in [1.165, 1.54) is 25.3 Å². The van der Waals surface area contributed by atoms with Crippen LogP contribution in [-0.2, 0) is 0 Å². The number of hydrogen-bond donors (Lipinski definition) is 3. The average Bonchev–Trinajstić information content (AvgIpc) is 2.90. The lowest BCUT2D eigenvalue weighted by atomic mass is 10.1. The molecule has 0 aliphatic carbocycles. The minimum absolute atomic E-state index is 0.0488.